The fourth-order valence-electron chi connectivity index (χ4n) is 11.9. The monoisotopic (exact) mass is 842 g/mol. The van der Waals surface area contributed by atoms with Gasteiger partial charge in [-0.05, 0) is 118 Å². The van der Waals surface area contributed by atoms with Gasteiger partial charge in [0.15, 0.2) is 0 Å². The van der Waals surface area contributed by atoms with Crippen LogP contribution in [0.1, 0.15) is 64.5 Å². The maximum atomic E-state index is 2.49. The predicted molar refractivity (Wildman–Crippen MR) is 279 cm³/mol. The highest BCUT2D eigenvalue weighted by atomic mass is 14.4. The topological polar surface area (TPSA) is 0 Å². The Morgan fingerprint density at radius 3 is 1.48 bits per heavy atom. The first-order valence-electron chi connectivity index (χ1n) is 24.1. The zero-order chi connectivity index (χ0) is 44.3. The molecule has 1 aromatic carbocycles. The Hall–Kier alpha value is -6.50. The summed E-state index contributed by atoms with van der Waals surface area (Å²) in [6.45, 7) is 9.41. The van der Waals surface area contributed by atoms with Crippen LogP contribution in [0.15, 0.2) is 280 Å². The van der Waals surface area contributed by atoms with E-state index < -0.39 is 0 Å². The number of benzene rings is 1. The van der Waals surface area contributed by atoms with Gasteiger partial charge in [0.2, 0.25) is 0 Å². The molecule has 0 N–H and O–H groups in total. The van der Waals surface area contributed by atoms with Crippen molar-refractivity contribution in [1.29, 1.82) is 0 Å². The number of rotatable bonds is 6. The fraction of sp³-hybridized carbons (Fsp3) is 0.231. The lowest BCUT2D eigenvalue weighted by Gasteiger charge is -2.38. The maximum absolute atomic E-state index is 2.49. The van der Waals surface area contributed by atoms with Crippen LogP contribution in [0.25, 0.3) is 5.57 Å². The molecule has 0 heteroatoms. The molecule has 0 radical (unpaired) electrons. The van der Waals surface area contributed by atoms with E-state index in [1.807, 2.05) is 0 Å². The van der Waals surface area contributed by atoms with Crippen molar-refractivity contribution < 1.29 is 0 Å². The van der Waals surface area contributed by atoms with E-state index in [1.54, 1.807) is 0 Å². The molecule has 0 saturated carbocycles. The van der Waals surface area contributed by atoms with Crippen molar-refractivity contribution in [2.45, 2.75) is 58.8 Å². The van der Waals surface area contributed by atoms with Gasteiger partial charge in [-0.15, -0.1) is 0 Å². The smallest absolute Gasteiger partial charge is 0.0155 e. The van der Waals surface area contributed by atoms with Crippen molar-refractivity contribution in [3.8, 4) is 0 Å². The van der Waals surface area contributed by atoms with Gasteiger partial charge in [0, 0.05) is 40.9 Å². The van der Waals surface area contributed by atoms with Crippen molar-refractivity contribution in [2.75, 3.05) is 0 Å². The molecular weight excluding hydrogens is 781 g/mol. The number of hydrogen-bond acceptors (Lipinski definition) is 0. The second kappa shape index (κ2) is 18.5. The van der Waals surface area contributed by atoms with Gasteiger partial charge < -0.3 is 0 Å². The van der Waals surface area contributed by atoms with Gasteiger partial charge in [-0.25, -0.2) is 0 Å². The molecule has 1 aromatic rings. The third kappa shape index (κ3) is 8.25. The van der Waals surface area contributed by atoms with Crippen LogP contribution in [0.3, 0.4) is 0 Å². The van der Waals surface area contributed by atoms with Crippen molar-refractivity contribution in [2.24, 2.45) is 35.5 Å². The summed E-state index contributed by atoms with van der Waals surface area (Å²) in [5.41, 5.74) is 19.8. The molecule has 0 heterocycles. The fourth-order valence-corrected chi connectivity index (χ4v) is 11.9. The summed E-state index contributed by atoms with van der Waals surface area (Å²) >= 11 is 0. The average molecular weight is 843 g/mol. The highest BCUT2D eigenvalue weighted by Gasteiger charge is 2.38. The molecule has 10 rings (SSSR count). The first-order chi connectivity index (χ1) is 31.9. The van der Waals surface area contributed by atoms with Crippen molar-refractivity contribution in [1.82, 2.24) is 0 Å². The molecule has 0 spiro atoms. The molecule has 0 amide bonds. The summed E-state index contributed by atoms with van der Waals surface area (Å²) in [7, 11) is 0. The van der Waals surface area contributed by atoms with Crippen LogP contribution < -0.4 is 0 Å². The molecule has 0 aliphatic heterocycles. The molecular formula is C65H62. The van der Waals surface area contributed by atoms with Crippen LogP contribution in [-0.4, -0.2) is 0 Å². The normalized spacial score (nSPS) is 28.7. The number of hydrogen-bond donors (Lipinski definition) is 0. The molecule has 6 unspecified atom stereocenters. The van der Waals surface area contributed by atoms with E-state index in [0.29, 0.717) is 5.92 Å². The zero-order valence-corrected chi connectivity index (χ0v) is 38.6. The summed E-state index contributed by atoms with van der Waals surface area (Å²) in [5.74, 6) is 1.52. The van der Waals surface area contributed by atoms with E-state index >= 15 is 0 Å². The van der Waals surface area contributed by atoms with E-state index in [0.717, 1.165) is 25.7 Å². The van der Waals surface area contributed by atoms with Gasteiger partial charge in [0.25, 0.3) is 0 Å². The van der Waals surface area contributed by atoms with Crippen LogP contribution in [0, 0.1) is 35.5 Å². The minimum absolute atomic E-state index is 0.0542. The van der Waals surface area contributed by atoms with Gasteiger partial charge in [0.05, 0.1) is 0 Å². The van der Waals surface area contributed by atoms with Crippen molar-refractivity contribution in [3.63, 3.8) is 0 Å². The van der Waals surface area contributed by atoms with Crippen molar-refractivity contribution in [3.05, 3.63) is 291 Å². The Bertz CT molecular complexity index is 2850. The Kier molecular flexibility index (Phi) is 12.1. The first kappa shape index (κ1) is 42.5. The first-order valence-corrected chi connectivity index (χ1v) is 24.1. The summed E-state index contributed by atoms with van der Waals surface area (Å²) in [6.07, 6.45) is 78.9. The predicted octanol–water partition coefficient (Wildman–Crippen LogP) is 16.5. The van der Waals surface area contributed by atoms with Crippen LogP contribution >= 0.6 is 0 Å². The van der Waals surface area contributed by atoms with Gasteiger partial charge in [-0.2, -0.15) is 0 Å². The van der Waals surface area contributed by atoms with Gasteiger partial charge in [-0.3, -0.25) is 0 Å². The average Bonchev–Trinajstić information content (AvgIpc) is 3.54. The third-order valence-electron chi connectivity index (χ3n) is 15.3. The maximum Gasteiger partial charge on any atom is 0.0155 e. The number of fused-ring (bicyclic) bond motifs is 4. The second-order valence-corrected chi connectivity index (χ2v) is 19.3. The molecule has 0 saturated heterocycles. The molecule has 0 bridgehead atoms. The highest BCUT2D eigenvalue weighted by molar-refractivity contribution is 5.81. The zero-order valence-electron chi connectivity index (χ0n) is 38.6. The van der Waals surface area contributed by atoms with E-state index in [1.165, 1.54) is 78.0 Å². The van der Waals surface area contributed by atoms with E-state index in [9.17, 15) is 0 Å². The number of allylic oxidation sites excluding steroid dienone is 44. The molecule has 322 valence electrons. The molecule has 0 aromatic heterocycles. The minimum Gasteiger partial charge on any atom is -0.0842 e. The Morgan fingerprint density at radius 2 is 0.923 bits per heavy atom. The largest absolute Gasteiger partial charge is 0.0842 e. The van der Waals surface area contributed by atoms with E-state index in [4.69, 9.17) is 0 Å². The molecule has 6 atom stereocenters. The van der Waals surface area contributed by atoms with Crippen molar-refractivity contribution >= 4 is 5.57 Å². The van der Waals surface area contributed by atoms with Gasteiger partial charge in [-0.1, -0.05) is 233 Å². The molecule has 9 aliphatic carbocycles. The molecule has 0 fully saturated rings. The second-order valence-electron chi connectivity index (χ2n) is 19.3. The standard InChI is InChI=1S/C65H62/c1-45(44-64-46(2)51-27-22-23-37-63(51)65(64,3)4)50-26-12-5-8-15-30-61(59-35-20-16-31-55(50)59)62-43-42-54(58-34-19-21-36-60(58)62)49-40-38-48(39-41-49)53-29-14-7-6-13-28-52(47-24-10-9-11-25-47)56-32-17-18-33-57(53)56/h5-10,12-24,26-38,40,42-44,55-60H,11,25,39,41H2,1-4H3. The lowest BCUT2D eigenvalue weighted by atomic mass is 9.65. The molecule has 0 nitrogen and oxygen atoms in total. The Morgan fingerprint density at radius 1 is 0.462 bits per heavy atom. The van der Waals surface area contributed by atoms with Crippen LogP contribution in [-0.2, 0) is 5.41 Å². The van der Waals surface area contributed by atoms with Crippen LogP contribution in [0.4, 0.5) is 0 Å². The minimum atomic E-state index is -0.0542. The summed E-state index contributed by atoms with van der Waals surface area (Å²) in [4.78, 5) is 0. The summed E-state index contributed by atoms with van der Waals surface area (Å²) < 4.78 is 0. The van der Waals surface area contributed by atoms with Crippen LogP contribution in [0.2, 0.25) is 0 Å². The highest BCUT2D eigenvalue weighted by Crippen LogP contribution is 2.51. The summed E-state index contributed by atoms with van der Waals surface area (Å²) in [6, 6.07) is 8.96. The lowest BCUT2D eigenvalue weighted by Crippen LogP contribution is -2.27. The quantitative estimate of drug-likeness (QED) is 0.268. The Labute approximate surface area is 389 Å². The lowest BCUT2D eigenvalue weighted by molar-refractivity contribution is 0.552. The van der Waals surface area contributed by atoms with E-state index in [2.05, 4.69) is 246 Å². The van der Waals surface area contributed by atoms with Gasteiger partial charge in [0.1, 0.15) is 0 Å². The SMILES string of the molecule is CC(=CC1=C(C)c2ccccc2C1(C)C)C1=CC=CC=CC=C(C2=CC=C(C3=CC=C(C4=CC=CC=CC=C(C5=CC=CCC5)C5C=CC=CC45)CC3)C3C=CC=CC23)C2C=CC=CC12. The van der Waals surface area contributed by atoms with Gasteiger partial charge >= 0.3 is 0 Å². The van der Waals surface area contributed by atoms with Crippen LogP contribution in [0.5, 0.6) is 0 Å². The Balaban J connectivity index is 0.975. The van der Waals surface area contributed by atoms with E-state index in [-0.39, 0.29) is 35.0 Å². The third-order valence-corrected chi connectivity index (χ3v) is 15.3. The molecule has 9 aliphatic rings. The molecule has 65 heavy (non-hydrogen) atoms. The summed E-state index contributed by atoms with van der Waals surface area (Å²) in [5, 5.41) is 0.